The van der Waals surface area contributed by atoms with Crippen LogP contribution < -0.4 is 10.5 Å². The number of nitrogen functional groups attached to an aromatic ring is 1. The number of rotatable bonds is 3. The lowest BCUT2D eigenvalue weighted by Crippen LogP contribution is -2.07. The Bertz CT molecular complexity index is 664. The van der Waals surface area contributed by atoms with Crippen LogP contribution in [0.4, 0.5) is 10.1 Å². The van der Waals surface area contributed by atoms with E-state index in [4.69, 9.17) is 10.5 Å². The molecule has 0 unspecified atom stereocenters. The molecule has 2 rings (SSSR count). The summed E-state index contributed by atoms with van der Waals surface area (Å²) in [4.78, 5) is 15.4. The fourth-order valence-corrected chi connectivity index (χ4v) is 1.81. The van der Waals surface area contributed by atoms with Crippen molar-refractivity contribution in [2.24, 2.45) is 0 Å². The summed E-state index contributed by atoms with van der Waals surface area (Å²) in [6.45, 7) is 0. The van der Waals surface area contributed by atoms with E-state index in [1.165, 1.54) is 37.6 Å². The zero-order chi connectivity index (χ0) is 14.7. The molecule has 0 bridgehead atoms. The van der Waals surface area contributed by atoms with Gasteiger partial charge in [-0.15, -0.1) is 0 Å². The number of esters is 1. The molecule has 2 aromatic rings. The largest absolute Gasteiger partial charge is 0.465 e. The molecule has 2 N–H and O–H groups in total. The number of hydrogen-bond donors (Lipinski definition) is 1. The first-order valence-corrected chi connectivity index (χ1v) is 6.28. The highest BCUT2D eigenvalue weighted by atomic mass is 79.9. The van der Waals surface area contributed by atoms with Gasteiger partial charge in [-0.3, -0.25) is 0 Å². The molecule has 0 amide bonds. The molecule has 0 aliphatic carbocycles. The normalized spacial score (nSPS) is 10.2. The predicted octanol–water partition coefficient (Wildman–Crippen LogP) is 3.14. The van der Waals surface area contributed by atoms with Crippen molar-refractivity contribution in [3.8, 4) is 11.6 Å². The summed E-state index contributed by atoms with van der Waals surface area (Å²) in [5, 5.41) is 0. The Hall–Kier alpha value is -2.15. The van der Waals surface area contributed by atoms with Crippen LogP contribution >= 0.6 is 15.9 Å². The molecule has 0 aliphatic rings. The van der Waals surface area contributed by atoms with Crippen molar-refractivity contribution in [3.05, 3.63) is 46.3 Å². The van der Waals surface area contributed by atoms with E-state index in [9.17, 15) is 9.18 Å². The number of aromatic nitrogens is 1. The van der Waals surface area contributed by atoms with Gasteiger partial charge >= 0.3 is 5.97 Å². The van der Waals surface area contributed by atoms with Crippen LogP contribution in [0.25, 0.3) is 0 Å². The van der Waals surface area contributed by atoms with Gasteiger partial charge in [0.25, 0.3) is 0 Å². The van der Waals surface area contributed by atoms with Crippen LogP contribution in [0.3, 0.4) is 0 Å². The van der Waals surface area contributed by atoms with Gasteiger partial charge in [0.2, 0.25) is 5.88 Å². The highest BCUT2D eigenvalue weighted by molar-refractivity contribution is 9.10. The number of carbonyl (C=O) groups excluding carboxylic acids is 1. The number of nitrogens with two attached hydrogens (primary N) is 1. The second kappa shape index (κ2) is 5.87. The Balaban J connectivity index is 2.39. The number of hydrogen-bond acceptors (Lipinski definition) is 5. The monoisotopic (exact) mass is 340 g/mol. The number of methoxy groups -OCH3 is 1. The van der Waals surface area contributed by atoms with E-state index >= 15 is 0 Å². The molecule has 20 heavy (non-hydrogen) atoms. The molecule has 1 aromatic carbocycles. The van der Waals surface area contributed by atoms with Crippen LogP contribution in [0.5, 0.6) is 11.6 Å². The standard InChI is InChI=1S/C13H10BrFN2O3/c1-19-13(18)8-4-5-17-12(11(8)16)20-10-6-7(15)2-3-9(10)14/h2-6H,16H2,1H3. The Morgan fingerprint density at radius 1 is 1.40 bits per heavy atom. The van der Waals surface area contributed by atoms with E-state index in [1.807, 2.05) is 0 Å². The summed E-state index contributed by atoms with van der Waals surface area (Å²) in [5.74, 6) is -0.871. The zero-order valence-corrected chi connectivity index (χ0v) is 12.0. The molecule has 0 spiro atoms. The Labute approximate surface area is 122 Å². The number of nitrogens with zero attached hydrogens (tertiary/aromatic N) is 1. The van der Waals surface area contributed by atoms with E-state index in [2.05, 4.69) is 25.7 Å². The van der Waals surface area contributed by atoms with Crippen LogP contribution in [0.2, 0.25) is 0 Å². The van der Waals surface area contributed by atoms with Crippen molar-refractivity contribution >= 4 is 27.6 Å². The maximum absolute atomic E-state index is 13.2. The third-order valence-corrected chi connectivity index (χ3v) is 3.11. The molecule has 1 aromatic heterocycles. The summed E-state index contributed by atoms with van der Waals surface area (Å²) in [5.41, 5.74) is 5.95. The minimum atomic E-state index is -0.604. The minimum absolute atomic E-state index is 0.000741. The third kappa shape index (κ3) is 2.88. The van der Waals surface area contributed by atoms with Gasteiger partial charge in [-0.1, -0.05) is 0 Å². The molecule has 0 saturated carbocycles. The van der Waals surface area contributed by atoms with Crippen LogP contribution in [0, 0.1) is 5.82 Å². The van der Waals surface area contributed by atoms with Crippen LogP contribution in [0.1, 0.15) is 10.4 Å². The SMILES string of the molecule is COC(=O)c1ccnc(Oc2cc(F)ccc2Br)c1N. The number of halogens is 2. The number of pyridine rings is 1. The number of carbonyl (C=O) groups is 1. The van der Waals surface area contributed by atoms with Gasteiger partial charge in [0.1, 0.15) is 17.3 Å². The highest BCUT2D eigenvalue weighted by Gasteiger charge is 2.16. The molecule has 0 fully saturated rings. The predicted molar refractivity (Wildman–Crippen MR) is 74.2 cm³/mol. The molecule has 7 heteroatoms. The quantitative estimate of drug-likeness (QED) is 0.868. The number of ether oxygens (including phenoxy) is 2. The van der Waals surface area contributed by atoms with Gasteiger partial charge in [0, 0.05) is 12.3 Å². The Morgan fingerprint density at radius 2 is 2.15 bits per heavy atom. The van der Waals surface area contributed by atoms with Gasteiger partial charge in [0.05, 0.1) is 17.1 Å². The topological polar surface area (TPSA) is 74.4 Å². The number of anilines is 1. The van der Waals surface area contributed by atoms with Gasteiger partial charge in [-0.25, -0.2) is 14.2 Å². The lowest BCUT2D eigenvalue weighted by atomic mass is 10.2. The summed E-state index contributed by atoms with van der Waals surface area (Å²) in [6, 6.07) is 5.36. The van der Waals surface area contributed by atoms with Crippen molar-refractivity contribution in [2.45, 2.75) is 0 Å². The van der Waals surface area contributed by atoms with E-state index in [0.717, 1.165) is 0 Å². The van der Waals surface area contributed by atoms with Crippen LogP contribution in [-0.2, 0) is 4.74 Å². The van der Waals surface area contributed by atoms with Crippen molar-refractivity contribution < 1.29 is 18.7 Å². The molecular weight excluding hydrogens is 331 g/mol. The lowest BCUT2D eigenvalue weighted by Gasteiger charge is -2.11. The molecule has 0 aliphatic heterocycles. The van der Waals surface area contributed by atoms with Crippen molar-refractivity contribution in [1.29, 1.82) is 0 Å². The minimum Gasteiger partial charge on any atom is -0.465 e. The van der Waals surface area contributed by atoms with E-state index < -0.39 is 11.8 Å². The second-order valence-corrected chi connectivity index (χ2v) is 4.60. The van der Waals surface area contributed by atoms with E-state index in [0.29, 0.717) is 4.47 Å². The zero-order valence-electron chi connectivity index (χ0n) is 10.4. The first-order chi connectivity index (χ1) is 9.52. The summed E-state index contributed by atoms with van der Waals surface area (Å²) in [7, 11) is 1.24. The first-order valence-electron chi connectivity index (χ1n) is 5.48. The Kier molecular flexibility index (Phi) is 4.19. The highest BCUT2D eigenvalue weighted by Crippen LogP contribution is 2.33. The van der Waals surface area contributed by atoms with Crippen molar-refractivity contribution in [3.63, 3.8) is 0 Å². The summed E-state index contributed by atoms with van der Waals surface area (Å²) < 4.78 is 23.7. The maximum atomic E-state index is 13.2. The third-order valence-electron chi connectivity index (χ3n) is 2.46. The molecule has 5 nitrogen and oxygen atoms in total. The van der Waals surface area contributed by atoms with Gasteiger partial charge < -0.3 is 15.2 Å². The van der Waals surface area contributed by atoms with Crippen molar-refractivity contribution in [1.82, 2.24) is 4.98 Å². The smallest absolute Gasteiger partial charge is 0.340 e. The molecule has 0 radical (unpaired) electrons. The van der Waals surface area contributed by atoms with E-state index in [-0.39, 0.29) is 22.9 Å². The summed E-state index contributed by atoms with van der Waals surface area (Å²) >= 11 is 3.22. The lowest BCUT2D eigenvalue weighted by molar-refractivity contribution is 0.0601. The molecule has 1 heterocycles. The van der Waals surface area contributed by atoms with Crippen molar-refractivity contribution in [2.75, 3.05) is 12.8 Å². The second-order valence-electron chi connectivity index (χ2n) is 3.75. The average molecular weight is 341 g/mol. The fourth-order valence-electron chi connectivity index (χ4n) is 1.48. The molecule has 104 valence electrons. The fraction of sp³-hybridized carbons (Fsp3) is 0.0769. The van der Waals surface area contributed by atoms with Gasteiger partial charge in [0.15, 0.2) is 0 Å². The maximum Gasteiger partial charge on any atom is 0.340 e. The summed E-state index contributed by atoms with van der Waals surface area (Å²) in [6.07, 6.45) is 1.35. The van der Waals surface area contributed by atoms with Crippen LogP contribution in [0.15, 0.2) is 34.9 Å². The first kappa shape index (κ1) is 14.3. The molecule has 0 saturated heterocycles. The average Bonchev–Trinajstić information content (AvgIpc) is 2.44. The molecular formula is C13H10BrFN2O3. The van der Waals surface area contributed by atoms with E-state index in [1.54, 1.807) is 0 Å². The molecule has 0 atom stereocenters. The van der Waals surface area contributed by atoms with Gasteiger partial charge in [-0.05, 0) is 34.1 Å². The van der Waals surface area contributed by atoms with Gasteiger partial charge in [-0.2, -0.15) is 0 Å². The van der Waals surface area contributed by atoms with Crippen LogP contribution in [-0.4, -0.2) is 18.1 Å². The number of benzene rings is 1. The Morgan fingerprint density at radius 3 is 2.85 bits per heavy atom.